The second kappa shape index (κ2) is 4.06. The van der Waals surface area contributed by atoms with Gasteiger partial charge in [0.1, 0.15) is 0 Å². The Labute approximate surface area is 94.6 Å². The summed E-state index contributed by atoms with van der Waals surface area (Å²) in [6.45, 7) is 13.6. The van der Waals surface area contributed by atoms with E-state index in [2.05, 4.69) is 37.6 Å². The third-order valence-corrected chi connectivity index (χ3v) is 3.77. The van der Waals surface area contributed by atoms with E-state index < -0.39 is 0 Å². The van der Waals surface area contributed by atoms with Gasteiger partial charge in [-0.15, -0.1) is 0 Å². The van der Waals surface area contributed by atoms with Gasteiger partial charge < -0.3 is 9.80 Å². The standard InChI is InChI=1S/C13H26N2/c1-13(2,3)10-15-6-5-11-7-14(4)8-12(11)9-15/h11-12H,5-10H2,1-4H3. The SMILES string of the molecule is CN1CC2CCN(CC(C)(C)C)CC2C1. The van der Waals surface area contributed by atoms with Crippen LogP contribution in [0.4, 0.5) is 0 Å². The van der Waals surface area contributed by atoms with Gasteiger partial charge in [0.15, 0.2) is 0 Å². The Morgan fingerprint density at radius 1 is 1.07 bits per heavy atom. The molecule has 2 fully saturated rings. The monoisotopic (exact) mass is 210 g/mol. The number of likely N-dealkylation sites (tertiary alicyclic amines) is 2. The van der Waals surface area contributed by atoms with Gasteiger partial charge in [-0.2, -0.15) is 0 Å². The lowest BCUT2D eigenvalue weighted by molar-refractivity contribution is 0.110. The van der Waals surface area contributed by atoms with E-state index in [1.807, 2.05) is 0 Å². The van der Waals surface area contributed by atoms with Crippen LogP contribution in [-0.4, -0.2) is 49.6 Å². The molecule has 88 valence electrons. The van der Waals surface area contributed by atoms with Gasteiger partial charge in [0, 0.05) is 26.2 Å². The first-order chi connectivity index (χ1) is 6.94. The summed E-state index contributed by atoms with van der Waals surface area (Å²) in [5.74, 6) is 1.94. The highest BCUT2D eigenvalue weighted by molar-refractivity contribution is 4.89. The Balaban J connectivity index is 1.87. The number of hydrogen-bond donors (Lipinski definition) is 0. The first-order valence-electron chi connectivity index (χ1n) is 6.35. The van der Waals surface area contributed by atoms with Gasteiger partial charge in [-0.3, -0.25) is 0 Å². The minimum Gasteiger partial charge on any atom is -0.306 e. The number of hydrogen-bond acceptors (Lipinski definition) is 2. The second-order valence-electron chi connectivity index (χ2n) is 6.83. The zero-order valence-electron chi connectivity index (χ0n) is 10.8. The third-order valence-electron chi connectivity index (χ3n) is 3.77. The lowest BCUT2D eigenvalue weighted by Gasteiger charge is -2.37. The molecule has 2 atom stereocenters. The summed E-state index contributed by atoms with van der Waals surface area (Å²) in [7, 11) is 2.27. The second-order valence-corrected chi connectivity index (χ2v) is 6.83. The van der Waals surface area contributed by atoms with Crippen LogP contribution in [0.2, 0.25) is 0 Å². The molecule has 0 radical (unpaired) electrons. The summed E-state index contributed by atoms with van der Waals surface area (Å²) in [5, 5.41) is 0. The quantitative estimate of drug-likeness (QED) is 0.652. The first-order valence-corrected chi connectivity index (χ1v) is 6.35. The minimum atomic E-state index is 0.456. The van der Waals surface area contributed by atoms with E-state index in [0.717, 1.165) is 11.8 Å². The molecule has 15 heavy (non-hydrogen) atoms. The fourth-order valence-electron chi connectivity index (χ4n) is 3.29. The number of rotatable bonds is 1. The van der Waals surface area contributed by atoms with E-state index in [1.165, 1.54) is 39.1 Å². The maximum Gasteiger partial charge on any atom is 0.00302 e. The largest absolute Gasteiger partial charge is 0.306 e. The van der Waals surface area contributed by atoms with Gasteiger partial charge in [0.2, 0.25) is 0 Å². The van der Waals surface area contributed by atoms with Crippen molar-refractivity contribution in [2.75, 3.05) is 39.8 Å². The van der Waals surface area contributed by atoms with Gasteiger partial charge in [0.25, 0.3) is 0 Å². The molecule has 0 spiro atoms. The van der Waals surface area contributed by atoms with E-state index in [4.69, 9.17) is 0 Å². The summed E-state index contributed by atoms with van der Waals surface area (Å²) in [6, 6.07) is 0. The predicted molar refractivity (Wildman–Crippen MR) is 65.0 cm³/mol. The Morgan fingerprint density at radius 2 is 1.73 bits per heavy atom. The molecule has 0 saturated carbocycles. The highest BCUT2D eigenvalue weighted by Gasteiger charge is 2.36. The summed E-state index contributed by atoms with van der Waals surface area (Å²) in [5.41, 5.74) is 0.456. The molecular formula is C13H26N2. The van der Waals surface area contributed by atoms with Crippen molar-refractivity contribution in [2.24, 2.45) is 17.3 Å². The average molecular weight is 210 g/mol. The molecule has 0 amide bonds. The number of piperidine rings is 1. The first kappa shape index (κ1) is 11.4. The Kier molecular flexibility index (Phi) is 3.09. The summed E-state index contributed by atoms with van der Waals surface area (Å²) >= 11 is 0. The Bertz CT molecular complexity index is 219. The summed E-state index contributed by atoms with van der Waals surface area (Å²) < 4.78 is 0. The van der Waals surface area contributed by atoms with Crippen molar-refractivity contribution in [1.29, 1.82) is 0 Å². The fraction of sp³-hybridized carbons (Fsp3) is 1.00. The normalized spacial score (nSPS) is 34.4. The van der Waals surface area contributed by atoms with Gasteiger partial charge in [0.05, 0.1) is 0 Å². The molecular weight excluding hydrogens is 184 g/mol. The zero-order valence-corrected chi connectivity index (χ0v) is 10.8. The van der Waals surface area contributed by atoms with E-state index in [1.54, 1.807) is 0 Å². The molecule has 0 bridgehead atoms. The maximum absolute atomic E-state index is 2.68. The number of nitrogens with zero attached hydrogens (tertiary/aromatic N) is 2. The van der Waals surface area contributed by atoms with Gasteiger partial charge in [-0.25, -0.2) is 0 Å². The average Bonchev–Trinajstić information content (AvgIpc) is 2.40. The number of fused-ring (bicyclic) bond motifs is 1. The molecule has 0 aromatic rings. The molecule has 0 aromatic heterocycles. The van der Waals surface area contributed by atoms with E-state index in [0.29, 0.717) is 5.41 Å². The molecule has 0 aromatic carbocycles. The van der Waals surface area contributed by atoms with Crippen LogP contribution >= 0.6 is 0 Å². The molecule has 2 rings (SSSR count). The van der Waals surface area contributed by atoms with Crippen LogP contribution in [0.15, 0.2) is 0 Å². The van der Waals surface area contributed by atoms with E-state index >= 15 is 0 Å². The van der Waals surface area contributed by atoms with Crippen LogP contribution in [0.25, 0.3) is 0 Å². The molecule has 0 N–H and O–H groups in total. The Morgan fingerprint density at radius 3 is 2.40 bits per heavy atom. The predicted octanol–water partition coefficient (Wildman–Crippen LogP) is 1.92. The lowest BCUT2D eigenvalue weighted by Crippen LogP contribution is -2.43. The van der Waals surface area contributed by atoms with Crippen molar-refractivity contribution in [3.8, 4) is 0 Å². The molecule has 2 saturated heterocycles. The van der Waals surface area contributed by atoms with Crippen LogP contribution in [-0.2, 0) is 0 Å². The van der Waals surface area contributed by atoms with Gasteiger partial charge in [-0.1, -0.05) is 20.8 Å². The molecule has 2 nitrogen and oxygen atoms in total. The van der Waals surface area contributed by atoms with Crippen molar-refractivity contribution in [1.82, 2.24) is 9.80 Å². The maximum atomic E-state index is 2.68. The van der Waals surface area contributed by atoms with Crippen LogP contribution in [0.1, 0.15) is 27.2 Å². The van der Waals surface area contributed by atoms with Gasteiger partial charge in [-0.05, 0) is 37.3 Å². The fourth-order valence-corrected chi connectivity index (χ4v) is 3.29. The van der Waals surface area contributed by atoms with Crippen LogP contribution in [0, 0.1) is 17.3 Å². The molecule has 0 aliphatic carbocycles. The highest BCUT2D eigenvalue weighted by atomic mass is 15.2. The van der Waals surface area contributed by atoms with Crippen molar-refractivity contribution in [3.05, 3.63) is 0 Å². The van der Waals surface area contributed by atoms with Crippen LogP contribution < -0.4 is 0 Å². The van der Waals surface area contributed by atoms with Crippen molar-refractivity contribution < 1.29 is 0 Å². The molecule has 2 aliphatic rings. The van der Waals surface area contributed by atoms with E-state index in [9.17, 15) is 0 Å². The zero-order chi connectivity index (χ0) is 11.1. The van der Waals surface area contributed by atoms with Crippen molar-refractivity contribution >= 4 is 0 Å². The van der Waals surface area contributed by atoms with Crippen LogP contribution in [0.3, 0.4) is 0 Å². The van der Waals surface area contributed by atoms with Gasteiger partial charge >= 0.3 is 0 Å². The topological polar surface area (TPSA) is 6.48 Å². The summed E-state index contributed by atoms with van der Waals surface area (Å²) in [6.07, 6.45) is 1.42. The van der Waals surface area contributed by atoms with Crippen LogP contribution in [0.5, 0.6) is 0 Å². The third kappa shape index (κ3) is 2.94. The molecule has 2 aliphatic heterocycles. The van der Waals surface area contributed by atoms with Crippen molar-refractivity contribution in [3.63, 3.8) is 0 Å². The minimum absolute atomic E-state index is 0.456. The van der Waals surface area contributed by atoms with Crippen molar-refractivity contribution in [2.45, 2.75) is 27.2 Å². The molecule has 2 unspecified atom stereocenters. The molecule has 2 heteroatoms. The highest BCUT2D eigenvalue weighted by Crippen LogP contribution is 2.31. The Hall–Kier alpha value is -0.0800. The van der Waals surface area contributed by atoms with E-state index in [-0.39, 0.29) is 0 Å². The lowest BCUT2D eigenvalue weighted by atomic mass is 9.87. The summed E-state index contributed by atoms with van der Waals surface area (Å²) in [4.78, 5) is 5.19. The smallest absolute Gasteiger partial charge is 0.00302 e. The molecule has 2 heterocycles.